The van der Waals surface area contributed by atoms with E-state index < -0.39 is 11.7 Å². The van der Waals surface area contributed by atoms with Gasteiger partial charge in [-0.15, -0.1) is 0 Å². The number of alkyl halides is 3. The van der Waals surface area contributed by atoms with E-state index >= 15 is 0 Å². The van der Waals surface area contributed by atoms with Crippen LogP contribution < -0.4 is 0 Å². The Balaban J connectivity index is 2.14. The van der Waals surface area contributed by atoms with Gasteiger partial charge in [-0.05, 0) is 42.3 Å². The topological polar surface area (TPSA) is 30.7 Å². The Kier molecular flexibility index (Phi) is 3.83. The van der Waals surface area contributed by atoms with Gasteiger partial charge < -0.3 is 0 Å². The molecule has 3 nitrogen and oxygen atoms in total. The van der Waals surface area contributed by atoms with Gasteiger partial charge in [0.15, 0.2) is 5.65 Å². The normalized spacial score (nSPS) is 12.3. The summed E-state index contributed by atoms with van der Waals surface area (Å²) in [5.41, 5.74) is 1.37. The van der Waals surface area contributed by atoms with Crippen molar-refractivity contribution in [1.29, 1.82) is 0 Å². The van der Waals surface area contributed by atoms with Crippen LogP contribution in [-0.2, 0) is 12.6 Å². The van der Waals surface area contributed by atoms with E-state index in [0.717, 1.165) is 29.9 Å². The molecular formula is C17H16F3N3. The molecule has 3 rings (SSSR count). The predicted octanol–water partition coefficient (Wildman–Crippen LogP) is 4.64. The quantitative estimate of drug-likeness (QED) is 0.704. The third kappa shape index (κ3) is 3.06. The van der Waals surface area contributed by atoms with Gasteiger partial charge in [-0.1, -0.05) is 13.8 Å². The summed E-state index contributed by atoms with van der Waals surface area (Å²) in [7, 11) is 0. The molecule has 0 atom stereocenters. The SMILES string of the molecule is CC(C)Cc1nc2cccnc2n1-c1ccc(C(F)(F)F)cc1. The van der Waals surface area contributed by atoms with Crippen molar-refractivity contribution in [1.82, 2.24) is 14.5 Å². The summed E-state index contributed by atoms with van der Waals surface area (Å²) in [6.45, 7) is 4.15. The van der Waals surface area contributed by atoms with Crippen LogP contribution in [0.2, 0.25) is 0 Å². The molecule has 23 heavy (non-hydrogen) atoms. The minimum atomic E-state index is -4.34. The smallest absolute Gasteiger partial charge is 0.281 e. The van der Waals surface area contributed by atoms with Gasteiger partial charge in [-0.3, -0.25) is 4.57 Å². The highest BCUT2D eigenvalue weighted by Gasteiger charge is 2.30. The maximum absolute atomic E-state index is 12.7. The minimum Gasteiger partial charge on any atom is -0.281 e. The number of nitrogens with zero attached hydrogens (tertiary/aromatic N) is 3. The van der Waals surface area contributed by atoms with Crippen molar-refractivity contribution in [2.24, 2.45) is 5.92 Å². The van der Waals surface area contributed by atoms with E-state index in [9.17, 15) is 13.2 Å². The summed E-state index contributed by atoms with van der Waals surface area (Å²) in [6.07, 6.45) is -1.96. The lowest BCUT2D eigenvalue weighted by atomic mass is 10.1. The zero-order valence-corrected chi connectivity index (χ0v) is 12.8. The second kappa shape index (κ2) is 5.68. The van der Waals surface area contributed by atoms with Crippen LogP contribution in [0, 0.1) is 5.92 Å². The average Bonchev–Trinajstić information content (AvgIpc) is 2.83. The molecule has 0 aliphatic carbocycles. The molecule has 120 valence electrons. The molecule has 0 aliphatic rings. The van der Waals surface area contributed by atoms with E-state index in [1.807, 2.05) is 10.6 Å². The van der Waals surface area contributed by atoms with Crippen LogP contribution in [0.5, 0.6) is 0 Å². The number of benzene rings is 1. The second-order valence-corrected chi connectivity index (χ2v) is 5.85. The molecule has 3 aromatic rings. The molecule has 0 unspecified atom stereocenters. The minimum absolute atomic E-state index is 0.375. The number of hydrogen-bond acceptors (Lipinski definition) is 2. The monoisotopic (exact) mass is 319 g/mol. The van der Waals surface area contributed by atoms with Crippen LogP contribution in [0.15, 0.2) is 42.6 Å². The summed E-state index contributed by atoms with van der Waals surface area (Å²) in [5, 5.41) is 0. The van der Waals surface area contributed by atoms with E-state index in [-0.39, 0.29) is 0 Å². The fraction of sp³-hybridized carbons (Fsp3) is 0.294. The van der Waals surface area contributed by atoms with E-state index in [4.69, 9.17) is 0 Å². The molecule has 1 aromatic carbocycles. The van der Waals surface area contributed by atoms with E-state index in [1.165, 1.54) is 12.1 Å². The summed E-state index contributed by atoms with van der Waals surface area (Å²) in [4.78, 5) is 8.91. The first-order valence-corrected chi connectivity index (χ1v) is 7.36. The summed E-state index contributed by atoms with van der Waals surface area (Å²) < 4.78 is 40.0. The van der Waals surface area contributed by atoms with Crippen molar-refractivity contribution in [3.05, 3.63) is 54.0 Å². The fourth-order valence-corrected chi connectivity index (χ4v) is 2.53. The Labute approximate surface area is 131 Å². The molecule has 0 bridgehead atoms. The summed E-state index contributed by atoms with van der Waals surface area (Å²) >= 11 is 0. The molecule has 0 fully saturated rings. The standard InChI is InChI=1S/C17H16F3N3/c1-11(2)10-15-22-14-4-3-9-21-16(14)23(15)13-7-5-12(6-8-13)17(18,19)20/h3-9,11H,10H2,1-2H3. The lowest BCUT2D eigenvalue weighted by molar-refractivity contribution is -0.137. The number of fused-ring (bicyclic) bond motifs is 1. The largest absolute Gasteiger partial charge is 0.416 e. The molecule has 0 saturated heterocycles. The van der Waals surface area contributed by atoms with Crippen LogP contribution >= 0.6 is 0 Å². The van der Waals surface area contributed by atoms with E-state index in [1.54, 1.807) is 12.3 Å². The van der Waals surface area contributed by atoms with Crippen LogP contribution in [-0.4, -0.2) is 14.5 Å². The van der Waals surface area contributed by atoms with Crippen molar-refractivity contribution < 1.29 is 13.2 Å². The van der Waals surface area contributed by atoms with Gasteiger partial charge in [0.1, 0.15) is 11.3 Å². The lowest BCUT2D eigenvalue weighted by Crippen LogP contribution is -2.07. The molecule has 2 aromatic heterocycles. The van der Waals surface area contributed by atoms with Crippen molar-refractivity contribution in [2.45, 2.75) is 26.4 Å². The molecule has 0 aliphatic heterocycles. The van der Waals surface area contributed by atoms with Gasteiger partial charge >= 0.3 is 6.18 Å². The number of rotatable bonds is 3. The Bertz CT molecular complexity index is 817. The summed E-state index contributed by atoms with van der Waals surface area (Å²) in [5.74, 6) is 1.17. The first-order chi connectivity index (χ1) is 10.9. The molecule has 2 heterocycles. The number of pyridine rings is 1. The highest BCUT2D eigenvalue weighted by molar-refractivity contribution is 5.73. The number of halogens is 3. The van der Waals surface area contributed by atoms with Gasteiger partial charge in [0.05, 0.1) is 5.56 Å². The maximum Gasteiger partial charge on any atom is 0.416 e. The van der Waals surface area contributed by atoms with Crippen molar-refractivity contribution >= 4 is 11.2 Å². The third-order valence-corrected chi connectivity index (χ3v) is 3.53. The van der Waals surface area contributed by atoms with Crippen LogP contribution in [0.4, 0.5) is 13.2 Å². The first-order valence-electron chi connectivity index (χ1n) is 7.36. The van der Waals surface area contributed by atoms with Crippen LogP contribution in [0.1, 0.15) is 25.2 Å². The molecular weight excluding hydrogens is 303 g/mol. The van der Waals surface area contributed by atoms with Crippen molar-refractivity contribution in [2.75, 3.05) is 0 Å². The Hall–Kier alpha value is -2.37. The predicted molar refractivity (Wildman–Crippen MR) is 82.4 cm³/mol. The Morgan fingerprint density at radius 3 is 2.39 bits per heavy atom. The highest BCUT2D eigenvalue weighted by Crippen LogP contribution is 2.30. The van der Waals surface area contributed by atoms with Crippen LogP contribution in [0.3, 0.4) is 0 Å². The second-order valence-electron chi connectivity index (χ2n) is 5.85. The zero-order valence-electron chi connectivity index (χ0n) is 12.8. The zero-order chi connectivity index (χ0) is 16.6. The van der Waals surface area contributed by atoms with Gasteiger partial charge in [0, 0.05) is 18.3 Å². The highest BCUT2D eigenvalue weighted by atomic mass is 19.4. The van der Waals surface area contributed by atoms with Gasteiger partial charge in [0.25, 0.3) is 0 Å². The van der Waals surface area contributed by atoms with Gasteiger partial charge in [0.2, 0.25) is 0 Å². The first kappa shape index (κ1) is 15.5. The Morgan fingerprint density at radius 1 is 1.09 bits per heavy atom. The molecule has 0 radical (unpaired) electrons. The lowest BCUT2D eigenvalue weighted by Gasteiger charge is -2.12. The van der Waals surface area contributed by atoms with E-state index in [2.05, 4.69) is 23.8 Å². The molecule has 6 heteroatoms. The summed E-state index contributed by atoms with van der Waals surface area (Å²) in [6, 6.07) is 8.75. The maximum atomic E-state index is 12.7. The number of imidazole rings is 1. The van der Waals surface area contributed by atoms with E-state index in [0.29, 0.717) is 17.3 Å². The molecule has 0 spiro atoms. The number of hydrogen-bond donors (Lipinski definition) is 0. The number of aromatic nitrogens is 3. The molecule has 0 saturated carbocycles. The fourth-order valence-electron chi connectivity index (χ4n) is 2.53. The average molecular weight is 319 g/mol. The Morgan fingerprint density at radius 2 is 1.78 bits per heavy atom. The van der Waals surface area contributed by atoms with Crippen molar-refractivity contribution in [3.8, 4) is 5.69 Å². The molecule has 0 amide bonds. The third-order valence-electron chi connectivity index (χ3n) is 3.53. The van der Waals surface area contributed by atoms with Gasteiger partial charge in [-0.25, -0.2) is 9.97 Å². The molecule has 0 N–H and O–H groups in total. The van der Waals surface area contributed by atoms with Crippen molar-refractivity contribution in [3.63, 3.8) is 0 Å². The van der Waals surface area contributed by atoms with Crippen LogP contribution in [0.25, 0.3) is 16.9 Å². The van der Waals surface area contributed by atoms with Gasteiger partial charge in [-0.2, -0.15) is 13.2 Å².